The van der Waals surface area contributed by atoms with Crippen molar-refractivity contribution in [3.8, 4) is 0 Å². The third-order valence-electron chi connectivity index (χ3n) is 4.37. The molecule has 2 aromatic heterocycles. The number of benzene rings is 2. The number of fused-ring (bicyclic) bond motifs is 3. The lowest BCUT2D eigenvalue weighted by Crippen LogP contribution is -2.07. The van der Waals surface area contributed by atoms with Gasteiger partial charge in [0.15, 0.2) is 0 Å². The summed E-state index contributed by atoms with van der Waals surface area (Å²) in [5.41, 5.74) is 1.18. The molecule has 0 saturated heterocycles. The van der Waals surface area contributed by atoms with Crippen LogP contribution in [0.25, 0.3) is 20.3 Å². The molecule has 0 spiro atoms. The molecule has 0 amide bonds. The molecule has 136 valence electrons. The van der Waals surface area contributed by atoms with E-state index in [2.05, 4.69) is 29.6 Å². The first-order valence-electron chi connectivity index (χ1n) is 8.77. The zero-order valence-electron chi connectivity index (χ0n) is 14.9. The van der Waals surface area contributed by atoms with Crippen LogP contribution in [0.15, 0.2) is 54.6 Å². The maximum Gasteiger partial charge on any atom is 0.305 e. The van der Waals surface area contributed by atoms with E-state index < -0.39 is 0 Å². The van der Waals surface area contributed by atoms with Crippen LogP contribution in [0.4, 0.5) is 5.82 Å². The summed E-state index contributed by atoms with van der Waals surface area (Å²) in [6, 6.07) is 18.5. The summed E-state index contributed by atoms with van der Waals surface area (Å²) in [4.78, 5) is 21.8. The zero-order valence-corrected chi connectivity index (χ0v) is 15.8. The SMILES string of the molecule is COC(=O)CCc1nc(NCc2ccccc2)c2c(n1)sc1ccccc12. The first kappa shape index (κ1) is 17.4. The Balaban J connectivity index is 1.73. The van der Waals surface area contributed by atoms with Gasteiger partial charge < -0.3 is 10.1 Å². The molecule has 5 nitrogen and oxygen atoms in total. The molecule has 4 aromatic rings. The number of aryl methyl sites for hydroxylation is 1. The molecule has 0 atom stereocenters. The Labute approximate surface area is 161 Å². The maximum atomic E-state index is 11.5. The number of nitrogens with zero attached hydrogens (tertiary/aromatic N) is 2. The van der Waals surface area contributed by atoms with Gasteiger partial charge in [-0.25, -0.2) is 9.97 Å². The molecule has 27 heavy (non-hydrogen) atoms. The Hall–Kier alpha value is -2.99. The Morgan fingerprint density at radius 3 is 2.67 bits per heavy atom. The number of carbonyl (C=O) groups excluding carboxylic acids is 1. The van der Waals surface area contributed by atoms with Crippen molar-refractivity contribution in [2.75, 3.05) is 12.4 Å². The maximum absolute atomic E-state index is 11.5. The summed E-state index contributed by atoms with van der Waals surface area (Å²) in [6.07, 6.45) is 0.724. The average molecular weight is 377 g/mol. The Morgan fingerprint density at radius 2 is 1.85 bits per heavy atom. The summed E-state index contributed by atoms with van der Waals surface area (Å²) in [5, 5.41) is 5.65. The van der Waals surface area contributed by atoms with Crippen LogP contribution in [0.3, 0.4) is 0 Å². The van der Waals surface area contributed by atoms with Crippen LogP contribution in [0.5, 0.6) is 0 Å². The smallest absolute Gasteiger partial charge is 0.305 e. The third-order valence-corrected chi connectivity index (χ3v) is 5.43. The highest BCUT2D eigenvalue weighted by molar-refractivity contribution is 7.25. The largest absolute Gasteiger partial charge is 0.469 e. The number of rotatable bonds is 6. The van der Waals surface area contributed by atoms with Gasteiger partial charge in [0.25, 0.3) is 0 Å². The highest BCUT2D eigenvalue weighted by Gasteiger charge is 2.15. The van der Waals surface area contributed by atoms with Gasteiger partial charge in [0.05, 0.1) is 18.9 Å². The highest BCUT2D eigenvalue weighted by atomic mass is 32.1. The Kier molecular flexibility index (Phi) is 4.98. The van der Waals surface area contributed by atoms with E-state index in [1.165, 1.54) is 17.4 Å². The first-order valence-corrected chi connectivity index (χ1v) is 9.59. The quantitative estimate of drug-likeness (QED) is 0.499. The molecule has 0 aliphatic rings. The molecule has 0 aliphatic carbocycles. The van der Waals surface area contributed by atoms with E-state index in [9.17, 15) is 4.79 Å². The molecule has 0 bridgehead atoms. The normalized spacial score (nSPS) is 11.0. The summed E-state index contributed by atoms with van der Waals surface area (Å²) in [6.45, 7) is 0.674. The fraction of sp³-hybridized carbons (Fsp3) is 0.190. The van der Waals surface area contributed by atoms with Crippen LogP contribution in [-0.4, -0.2) is 23.0 Å². The van der Waals surface area contributed by atoms with E-state index in [-0.39, 0.29) is 12.4 Å². The van der Waals surface area contributed by atoms with Crippen molar-refractivity contribution in [1.82, 2.24) is 9.97 Å². The molecular weight excluding hydrogens is 358 g/mol. The number of ether oxygens (including phenoxy) is 1. The predicted octanol–water partition coefficient (Wildman–Crippen LogP) is 4.56. The lowest BCUT2D eigenvalue weighted by atomic mass is 10.2. The van der Waals surface area contributed by atoms with Gasteiger partial charge >= 0.3 is 5.97 Å². The van der Waals surface area contributed by atoms with Gasteiger partial charge in [-0.1, -0.05) is 48.5 Å². The van der Waals surface area contributed by atoms with E-state index >= 15 is 0 Å². The monoisotopic (exact) mass is 377 g/mol. The minimum Gasteiger partial charge on any atom is -0.469 e. The van der Waals surface area contributed by atoms with E-state index in [0.717, 1.165) is 21.4 Å². The molecule has 6 heteroatoms. The van der Waals surface area contributed by atoms with Crippen molar-refractivity contribution in [1.29, 1.82) is 0 Å². The van der Waals surface area contributed by atoms with Gasteiger partial charge in [0.1, 0.15) is 16.5 Å². The third kappa shape index (κ3) is 3.75. The van der Waals surface area contributed by atoms with Crippen molar-refractivity contribution >= 4 is 43.4 Å². The number of hydrogen-bond acceptors (Lipinski definition) is 6. The van der Waals surface area contributed by atoms with E-state index in [4.69, 9.17) is 14.7 Å². The fourth-order valence-corrected chi connectivity index (χ4v) is 4.10. The number of nitrogens with one attached hydrogen (secondary N) is 1. The number of anilines is 1. The van der Waals surface area contributed by atoms with Gasteiger partial charge in [0.2, 0.25) is 0 Å². The van der Waals surface area contributed by atoms with Crippen molar-refractivity contribution < 1.29 is 9.53 Å². The topological polar surface area (TPSA) is 64.1 Å². The first-order chi connectivity index (χ1) is 13.2. The van der Waals surface area contributed by atoms with Crippen LogP contribution in [0.1, 0.15) is 17.8 Å². The number of methoxy groups -OCH3 is 1. The van der Waals surface area contributed by atoms with Gasteiger partial charge in [0, 0.05) is 23.1 Å². The molecule has 1 N–H and O–H groups in total. The fourth-order valence-electron chi connectivity index (χ4n) is 3.00. The number of hydrogen-bond donors (Lipinski definition) is 1. The second kappa shape index (κ2) is 7.72. The molecule has 2 heterocycles. The second-order valence-corrected chi connectivity index (χ2v) is 7.21. The average Bonchev–Trinajstić information content (AvgIpc) is 3.09. The lowest BCUT2D eigenvalue weighted by Gasteiger charge is -2.09. The van der Waals surface area contributed by atoms with Gasteiger partial charge in [-0.3, -0.25) is 4.79 Å². The summed E-state index contributed by atoms with van der Waals surface area (Å²) < 4.78 is 5.91. The van der Waals surface area contributed by atoms with Crippen molar-refractivity contribution in [2.24, 2.45) is 0 Å². The predicted molar refractivity (Wildman–Crippen MR) is 109 cm³/mol. The molecule has 0 fully saturated rings. The number of carbonyl (C=O) groups is 1. The van der Waals surface area contributed by atoms with Crippen LogP contribution in [0, 0.1) is 0 Å². The number of aromatic nitrogens is 2. The molecule has 0 unspecified atom stereocenters. The zero-order chi connectivity index (χ0) is 18.6. The van der Waals surface area contributed by atoms with Crippen LogP contribution in [0.2, 0.25) is 0 Å². The molecule has 0 radical (unpaired) electrons. The highest BCUT2D eigenvalue weighted by Crippen LogP contribution is 2.36. The van der Waals surface area contributed by atoms with Crippen LogP contribution in [-0.2, 0) is 22.5 Å². The second-order valence-electron chi connectivity index (χ2n) is 6.18. The Bertz CT molecular complexity index is 1090. The lowest BCUT2D eigenvalue weighted by molar-refractivity contribution is -0.140. The molecule has 4 rings (SSSR count). The molecule has 0 aliphatic heterocycles. The van der Waals surface area contributed by atoms with Gasteiger partial charge in [-0.15, -0.1) is 11.3 Å². The van der Waals surface area contributed by atoms with Crippen LogP contribution < -0.4 is 5.32 Å². The summed E-state index contributed by atoms with van der Waals surface area (Å²) >= 11 is 1.64. The van der Waals surface area contributed by atoms with Gasteiger partial charge in [-0.05, 0) is 11.6 Å². The van der Waals surface area contributed by atoms with Crippen LogP contribution >= 0.6 is 11.3 Å². The van der Waals surface area contributed by atoms with Crippen molar-refractivity contribution in [2.45, 2.75) is 19.4 Å². The summed E-state index contributed by atoms with van der Waals surface area (Å²) in [7, 11) is 1.39. The van der Waals surface area contributed by atoms with Gasteiger partial charge in [-0.2, -0.15) is 0 Å². The van der Waals surface area contributed by atoms with Crippen molar-refractivity contribution in [3.05, 3.63) is 66.0 Å². The van der Waals surface area contributed by atoms with E-state index in [1.54, 1.807) is 11.3 Å². The molecule has 0 saturated carbocycles. The standard InChI is InChI=1S/C21H19N3O2S/c1-26-18(25)12-11-17-23-20(22-13-14-7-3-2-4-8-14)19-15-9-5-6-10-16(15)27-21(19)24-17/h2-10H,11-13H2,1H3,(H,22,23,24). The minimum atomic E-state index is -0.256. The number of esters is 1. The van der Waals surface area contributed by atoms with Crippen molar-refractivity contribution in [3.63, 3.8) is 0 Å². The van der Waals surface area contributed by atoms with E-state index in [0.29, 0.717) is 18.8 Å². The Morgan fingerprint density at radius 1 is 1.07 bits per heavy atom. The summed E-state index contributed by atoms with van der Waals surface area (Å²) in [5.74, 6) is 1.20. The molecular formula is C21H19N3O2S. The van der Waals surface area contributed by atoms with E-state index in [1.807, 2.05) is 30.3 Å². The minimum absolute atomic E-state index is 0.256. The number of thiophene rings is 1. The molecule has 2 aromatic carbocycles.